The van der Waals surface area contributed by atoms with E-state index in [0.717, 1.165) is 23.1 Å². The predicted molar refractivity (Wildman–Crippen MR) is 79.5 cm³/mol. The molecule has 4 nitrogen and oxygen atoms in total. The maximum absolute atomic E-state index is 11.7. The normalized spacial score (nSPS) is 11.8. The average molecular weight is 274 g/mol. The Labute approximate surface area is 119 Å². The lowest BCUT2D eigenvalue weighted by Crippen LogP contribution is -2.29. The molecule has 0 unspecified atom stereocenters. The maximum Gasteiger partial charge on any atom is 0.220 e. The number of benzene rings is 1. The van der Waals surface area contributed by atoms with Crippen molar-refractivity contribution in [2.45, 2.75) is 40.5 Å². The van der Waals surface area contributed by atoms with E-state index in [2.05, 4.69) is 31.1 Å². The van der Waals surface area contributed by atoms with Gasteiger partial charge in [-0.15, -0.1) is 0 Å². The van der Waals surface area contributed by atoms with Crippen LogP contribution in [0.3, 0.4) is 0 Å². The smallest absolute Gasteiger partial charge is 0.220 e. The number of carbonyl (C=O) groups is 1. The van der Waals surface area contributed by atoms with Gasteiger partial charge in [0.05, 0.1) is 0 Å². The lowest BCUT2D eigenvalue weighted by molar-refractivity contribution is -0.122. The van der Waals surface area contributed by atoms with Gasteiger partial charge in [-0.05, 0) is 29.5 Å². The highest BCUT2D eigenvalue weighted by molar-refractivity contribution is 5.76. The molecule has 0 aliphatic rings. The van der Waals surface area contributed by atoms with Crippen molar-refractivity contribution in [2.75, 3.05) is 6.54 Å². The van der Waals surface area contributed by atoms with E-state index in [1.807, 2.05) is 25.1 Å². The summed E-state index contributed by atoms with van der Waals surface area (Å²) in [6.45, 7) is 8.67. The molecule has 2 aromatic rings. The van der Waals surface area contributed by atoms with Gasteiger partial charge in [0.15, 0.2) is 11.5 Å². The first-order chi connectivity index (χ1) is 9.33. The van der Waals surface area contributed by atoms with Crippen LogP contribution in [0.15, 0.2) is 22.6 Å². The molecule has 1 aromatic heterocycles. The van der Waals surface area contributed by atoms with Gasteiger partial charge in [0.2, 0.25) is 5.91 Å². The summed E-state index contributed by atoms with van der Waals surface area (Å²) >= 11 is 0. The van der Waals surface area contributed by atoms with Crippen LogP contribution in [0.5, 0.6) is 0 Å². The monoisotopic (exact) mass is 274 g/mol. The van der Waals surface area contributed by atoms with Crippen molar-refractivity contribution in [3.05, 3.63) is 29.7 Å². The number of carbonyl (C=O) groups excluding carboxylic acids is 1. The van der Waals surface area contributed by atoms with E-state index in [9.17, 15) is 4.79 Å². The summed E-state index contributed by atoms with van der Waals surface area (Å²) in [5.41, 5.74) is 2.86. The molecule has 0 bridgehead atoms. The minimum atomic E-state index is 0.0281. The van der Waals surface area contributed by atoms with Crippen LogP contribution >= 0.6 is 0 Å². The van der Waals surface area contributed by atoms with E-state index in [0.29, 0.717) is 18.9 Å². The Morgan fingerprint density at radius 3 is 2.80 bits per heavy atom. The largest absolute Gasteiger partial charge is 0.441 e. The Morgan fingerprint density at radius 1 is 1.35 bits per heavy atom. The van der Waals surface area contributed by atoms with Crippen molar-refractivity contribution in [1.29, 1.82) is 0 Å². The molecule has 0 aliphatic carbocycles. The van der Waals surface area contributed by atoms with Crippen molar-refractivity contribution in [3.63, 3.8) is 0 Å². The molecule has 2 rings (SSSR count). The first kappa shape index (κ1) is 14.6. The molecule has 4 heteroatoms. The molecule has 1 heterocycles. The Hall–Kier alpha value is -1.84. The molecule has 0 saturated heterocycles. The second kappa shape index (κ2) is 5.65. The van der Waals surface area contributed by atoms with E-state index in [-0.39, 0.29) is 11.3 Å². The van der Waals surface area contributed by atoms with Gasteiger partial charge in [-0.25, -0.2) is 4.98 Å². The molecule has 0 saturated carbocycles. The highest BCUT2D eigenvalue weighted by Gasteiger charge is 2.15. The van der Waals surface area contributed by atoms with E-state index >= 15 is 0 Å². The van der Waals surface area contributed by atoms with Crippen LogP contribution in [-0.2, 0) is 11.2 Å². The van der Waals surface area contributed by atoms with Crippen molar-refractivity contribution >= 4 is 17.0 Å². The molecule has 1 N–H and O–H groups in total. The highest BCUT2D eigenvalue weighted by atomic mass is 16.3. The van der Waals surface area contributed by atoms with E-state index in [4.69, 9.17) is 4.42 Å². The number of nitrogens with zero attached hydrogens (tertiary/aromatic N) is 1. The van der Waals surface area contributed by atoms with Crippen LogP contribution in [0.4, 0.5) is 0 Å². The van der Waals surface area contributed by atoms with Gasteiger partial charge in [-0.1, -0.05) is 26.8 Å². The van der Waals surface area contributed by atoms with Gasteiger partial charge in [0.1, 0.15) is 5.52 Å². The first-order valence-electron chi connectivity index (χ1n) is 6.96. The molecular weight excluding hydrogens is 252 g/mol. The fraction of sp³-hybridized carbons (Fsp3) is 0.500. The van der Waals surface area contributed by atoms with Crippen molar-refractivity contribution in [2.24, 2.45) is 5.41 Å². The fourth-order valence-electron chi connectivity index (χ4n) is 2.13. The molecular formula is C16H22N2O2. The lowest BCUT2D eigenvalue weighted by atomic mass is 9.92. The zero-order valence-electron chi connectivity index (χ0n) is 12.6. The number of rotatable bonds is 4. The third kappa shape index (κ3) is 4.08. The molecule has 0 fully saturated rings. The van der Waals surface area contributed by atoms with E-state index in [1.54, 1.807) is 0 Å². The topological polar surface area (TPSA) is 55.1 Å². The summed E-state index contributed by atoms with van der Waals surface area (Å²) in [6.07, 6.45) is 1.35. The maximum atomic E-state index is 11.7. The number of aryl methyl sites for hydroxylation is 1. The number of oxazole rings is 1. The van der Waals surface area contributed by atoms with E-state index in [1.165, 1.54) is 0 Å². The minimum absolute atomic E-state index is 0.0281. The van der Waals surface area contributed by atoms with Gasteiger partial charge in [0, 0.05) is 19.9 Å². The van der Waals surface area contributed by atoms with Gasteiger partial charge in [0.25, 0.3) is 0 Å². The predicted octanol–water partition coefficient (Wildman–Crippen LogP) is 3.23. The summed E-state index contributed by atoms with van der Waals surface area (Å²) in [4.78, 5) is 16.0. The summed E-state index contributed by atoms with van der Waals surface area (Å²) in [5, 5.41) is 2.96. The molecule has 0 radical (unpaired) electrons. The summed E-state index contributed by atoms with van der Waals surface area (Å²) in [7, 11) is 0. The van der Waals surface area contributed by atoms with Crippen LogP contribution < -0.4 is 5.32 Å². The van der Waals surface area contributed by atoms with Crippen molar-refractivity contribution in [3.8, 4) is 0 Å². The van der Waals surface area contributed by atoms with Gasteiger partial charge in [-0.2, -0.15) is 0 Å². The Balaban J connectivity index is 1.88. The number of hydrogen-bond acceptors (Lipinski definition) is 3. The standard InChI is InChI=1S/C16H22N2O2/c1-11-18-13-6-5-12(9-14(13)20-11)7-8-17-15(19)10-16(2,3)4/h5-6,9H,7-8,10H2,1-4H3,(H,17,19). The second-order valence-electron chi connectivity index (χ2n) is 6.37. The SMILES string of the molecule is Cc1nc2ccc(CCNC(=O)CC(C)(C)C)cc2o1. The van der Waals surface area contributed by atoms with Crippen LogP contribution in [0.25, 0.3) is 11.1 Å². The van der Waals surface area contributed by atoms with Gasteiger partial charge < -0.3 is 9.73 Å². The molecule has 0 spiro atoms. The fourth-order valence-corrected chi connectivity index (χ4v) is 2.13. The molecule has 0 atom stereocenters. The Kier molecular flexibility index (Phi) is 4.12. The van der Waals surface area contributed by atoms with Crippen LogP contribution in [0.2, 0.25) is 0 Å². The van der Waals surface area contributed by atoms with Crippen LogP contribution in [0, 0.1) is 12.3 Å². The lowest BCUT2D eigenvalue weighted by Gasteiger charge is -2.17. The summed E-state index contributed by atoms with van der Waals surface area (Å²) < 4.78 is 5.50. The van der Waals surface area contributed by atoms with E-state index < -0.39 is 0 Å². The second-order valence-corrected chi connectivity index (χ2v) is 6.37. The quantitative estimate of drug-likeness (QED) is 0.931. The first-order valence-corrected chi connectivity index (χ1v) is 6.96. The Morgan fingerprint density at radius 2 is 2.10 bits per heavy atom. The number of amides is 1. The molecule has 0 aliphatic heterocycles. The highest BCUT2D eigenvalue weighted by Crippen LogP contribution is 2.18. The molecule has 1 aromatic carbocycles. The number of hydrogen-bond donors (Lipinski definition) is 1. The third-order valence-corrected chi connectivity index (χ3v) is 2.99. The third-order valence-electron chi connectivity index (χ3n) is 2.99. The number of nitrogens with one attached hydrogen (secondary N) is 1. The molecule has 1 amide bonds. The Bertz CT molecular complexity index is 608. The zero-order valence-corrected chi connectivity index (χ0v) is 12.6. The number of fused-ring (bicyclic) bond motifs is 1. The summed E-state index contributed by atoms with van der Waals surface area (Å²) in [6, 6.07) is 5.98. The average Bonchev–Trinajstić information content (AvgIpc) is 2.66. The number of aromatic nitrogens is 1. The van der Waals surface area contributed by atoms with Crippen molar-refractivity contribution in [1.82, 2.24) is 10.3 Å². The van der Waals surface area contributed by atoms with Crippen LogP contribution in [0.1, 0.15) is 38.6 Å². The zero-order chi connectivity index (χ0) is 14.8. The van der Waals surface area contributed by atoms with Gasteiger partial charge in [-0.3, -0.25) is 4.79 Å². The van der Waals surface area contributed by atoms with Gasteiger partial charge >= 0.3 is 0 Å². The summed E-state index contributed by atoms with van der Waals surface area (Å²) in [5.74, 6) is 0.782. The molecule has 108 valence electrons. The minimum Gasteiger partial charge on any atom is -0.441 e. The van der Waals surface area contributed by atoms with Crippen LogP contribution in [-0.4, -0.2) is 17.4 Å². The van der Waals surface area contributed by atoms with Crippen molar-refractivity contribution < 1.29 is 9.21 Å². The molecule has 20 heavy (non-hydrogen) atoms.